The molecule has 0 aliphatic heterocycles. The SMILES string of the molecule is Cc1ccc(O)c(CN(CCN(Cc2ccccc2O)Cc2cc(C)ccc2O)Cc2ccccc2O)c1. The van der Waals surface area contributed by atoms with Gasteiger partial charge in [-0.3, -0.25) is 9.80 Å². The van der Waals surface area contributed by atoms with Crippen LogP contribution in [-0.2, 0) is 26.2 Å². The topological polar surface area (TPSA) is 87.4 Å². The summed E-state index contributed by atoms with van der Waals surface area (Å²) in [5.74, 6) is 0.964. The summed E-state index contributed by atoms with van der Waals surface area (Å²) < 4.78 is 0. The Kier molecular flexibility index (Phi) is 8.89. The zero-order valence-corrected chi connectivity index (χ0v) is 22.0. The monoisotopic (exact) mass is 512 g/mol. The number of rotatable bonds is 11. The fourth-order valence-corrected chi connectivity index (χ4v) is 4.65. The van der Waals surface area contributed by atoms with Gasteiger partial charge in [0.1, 0.15) is 23.0 Å². The number of aryl methyl sites for hydroxylation is 2. The van der Waals surface area contributed by atoms with Crippen molar-refractivity contribution in [1.29, 1.82) is 0 Å². The number of para-hydroxylation sites is 2. The number of phenols is 4. The second-order valence-corrected chi connectivity index (χ2v) is 9.94. The molecule has 0 saturated heterocycles. The van der Waals surface area contributed by atoms with E-state index in [1.807, 2.05) is 62.4 Å². The molecule has 0 aromatic heterocycles. The van der Waals surface area contributed by atoms with Crippen molar-refractivity contribution in [3.63, 3.8) is 0 Å². The summed E-state index contributed by atoms with van der Waals surface area (Å²) >= 11 is 0. The molecule has 0 saturated carbocycles. The Bertz CT molecular complexity index is 1270. The number of phenolic OH excluding ortho intramolecular Hbond substituents is 4. The quantitative estimate of drug-likeness (QED) is 0.202. The molecule has 4 N–H and O–H groups in total. The molecule has 0 amide bonds. The minimum Gasteiger partial charge on any atom is -0.508 e. The summed E-state index contributed by atoms with van der Waals surface area (Å²) in [6.45, 7) is 7.26. The molecular formula is C32H36N2O4. The van der Waals surface area contributed by atoms with Gasteiger partial charge in [-0.05, 0) is 38.1 Å². The summed E-state index contributed by atoms with van der Waals surface area (Å²) in [6, 6.07) is 25.8. The first-order valence-electron chi connectivity index (χ1n) is 12.8. The minimum absolute atomic E-state index is 0.238. The molecule has 4 aromatic carbocycles. The van der Waals surface area contributed by atoms with E-state index in [-0.39, 0.29) is 23.0 Å². The van der Waals surface area contributed by atoms with Crippen molar-refractivity contribution in [2.75, 3.05) is 13.1 Å². The van der Waals surface area contributed by atoms with Crippen LogP contribution in [0.5, 0.6) is 23.0 Å². The predicted molar refractivity (Wildman–Crippen MR) is 150 cm³/mol. The lowest BCUT2D eigenvalue weighted by atomic mass is 10.1. The van der Waals surface area contributed by atoms with Crippen molar-refractivity contribution in [3.05, 3.63) is 118 Å². The third kappa shape index (κ3) is 7.28. The molecule has 0 spiro atoms. The van der Waals surface area contributed by atoms with Gasteiger partial charge in [0.2, 0.25) is 0 Å². The Morgan fingerprint density at radius 2 is 0.789 bits per heavy atom. The van der Waals surface area contributed by atoms with E-state index in [9.17, 15) is 20.4 Å². The largest absolute Gasteiger partial charge is 0.508 e. The van der Waals surface area contributed by atoms with E-state index in [1.54, 1.807) is 36.4 Å². The van der Waals surface area contributed by atoms with Gasteiger partial charge in [-0.2, -0.15) is 0 Å². The van der Waals surface area contributed by atoms with Gasteiger partial charge < -0.3 is 20.4 Å². The smallest absolute Gasteiger partial charge is 0.120 e. The lowest BCUT2D eigenvalue weighted by Crippen LogP contribution is -2.34. The average molecular weight is 513 g/mol. The molecular weight excluding hydrogens is 476 g/mol. The van der Waals surface area contributed by atoms with E-state index >= 15 is 0 Å². The van der Waals surface area contributed by atoms with Gasteiger partial charge in [0.05, 0.1) is 0 Å². The van der Waals surface area contributed by atoms with E-state index < -0.39 is 0 Å². The fraction of sp³-hybridized carbons (Fsp3) is 0.250. The van der Waals surface area contributed by atoms with Crippen LogP contribution >= 0.6 is 0 Å². The second kappa shape index (κ2) is 12.5. The molecule has 0 heterocycles. The van der Waals surface area contributed by atoms with Crippen LogP contribution in [0.1, 0.15) is 33.4 Å². The molecule has 6 heteroatoms. The van der Waals surface area contributed by atoms with Gasteiger partial charge >= 0.3 is 0 Å². The predicted octanol–water partition coefficient (Wildman–Crippen LogP) is 5.83. The molecule has 38 heavy (non-hydrogen) atoms. The minimum atomic E-state index is 0.238. The van der Waals surface area contributed by atoms with E-state index in [4.69, 9.17) is 0 Å². The van der Waals surface area contributed by atoms with Crippen molar-refractivity contribution < 1.29 is 20.4 Å². The first-order chi connectivity index (χ1) is 18.3. The first-order valence-corrected chi connectivity index (χ1v) is 12.8. The van der Waals surface area contributed by atoms with E-state index in [1.165, 1.54) is 0 Å². The highest BCUT2D eigenvalue weighted by Crippen LogP contribution is 2.26. The molecule has 0 bridgehead atoms. The van der Waals surface area contributed by atoms with Crippen LogP contribution in [0.2, 0.25) is 0 Å². The molecule has 4 rings (SSSR count). The maximum absolute atomic E-state index is 10.5. The summed E-state index contributed by atoms with van der Waals surface area (Å²) in [6.07, 6.45) is 0. The van der Waals surface area contributed by atoms with E-state index in [0.29, 0.717) is 39.3 Å². The fourth-order valence-electron chi connectivity index (χ4n) is 4.65. The van der Waals surface area contributed by atoms with Gasteiger partial charge in [-0.1, -0.05) is 71.8 Å². The molecule has 0 radical (unpaired) electrons. The normalized spacial score (nSPS) is 11.4. The molecule has 4 aromatic rings. The maximum atomic E-state index is 10.5. The van der Waals surface area contributed by atoms with Crippen LogP contribution in [0.25, 0.3) is 0 Å². The Labute approximate surface area is 224 Å². The molecule has 0 fully saturated rings. The second-order valence-electron chi connectivity index (χ2n) is 9.94. The molecule has 0 atom stereocenters. The number of nitrogens with zero attached hydrogens (tertiary/aromatic N) is 2. The van der Waals surface area contributed by atoms with Crippen LogP contribution in [0.4, 0.5) is 0 Å². The van der Waals surface area contributed by atoms with Crippen LogP contribution in [0.3, 0.4) is 0 Å². The van der Waals surface area contributed by atoms with Crippen molar-refractivity contribution in [2.24, 2.45) is 0 Å². The Morgan fingerprint density at radius 3 is 1.18 bits per heavy atom. The van der Waals surface area contributed by atoms with Crippen molar-refractivity contribution in [3.8, 4) is 23.0 Å². The highest BCUT2D eigenvalue weighted by Gasteiger charge is 2.17. The zero-order chi connectivity index (χ0) is 27.1. The summed E-state index contributed by atoms with van der Waals surface area (Å²) in [5.41, 5.74) is 5.40. The number of benzene rings is 4. The lowest BCUT2D eigenvalue weighted by molar-refractivity contribution is 0.178. The summed E-state index contributed by atoms with van der Waals surface area (Å²) in [7, 11) is 0. The van der Waals surface area contributed by atoms with Crippen LogP contribution in [0, 0.1) is 13.8 Å². The Morgan fingerprint density at radius 1 is 0.447 bits per heavy atom. The molecule has 6 nitrogen and oxygen atoms in total. The average Bonchev–Trinajstić information content (AvgIpc) is 2.89. The number of hydrogen-bond acceptors (Lipinski definition) is 6. The van der Waals surface area contributed by atoms with Gasteiger partial charge in [0.25, 0.3) is 0 Å². The van der Waals surface area contributed by atoms with E-state index in [2.05, 4.69) is 9.80 Å². The lowest BCUT2D eigenvalue weighted by Gasteiger charge is -2.29. The molecule has 0 unspecified atom stereocenters. The highest BCUT2D eigenvalue weighted by atomic mass is 16.3. The zero-order valence-electron chi connectivity index (χ0n) is 22.0. The Hall–Kier alpha value is -4.00. The first kappa shape index (κ1) is 27.0. The third-order valence-corrected chi connectivity index (χ3v) is 6.76. The molecule has 0 aliphatic rings. The maximum Gasteiger partial charge on any atom is 0.120 e. The number of hydrogen-bond donors (Lipinski definition) is 4. The summed E-state index contributed by atoms with van der Waals surface area (Å²) in [4.78, 5) is 4.38. The van der Waals surface area contributed by atoms with E-state index in [0.717, 1.165) is 33.4 Å². The van der Waals surface area contributed by atoms with Crippen LogP contribution in [0.15, 0.2) is 84.9 Å². The van der Waals surface area contributed by atoms with Crippen LogP contribution in [-0.4, -0.2) is 43.3 Å². The van der Waals surface area contributed by atoms with Crippen molar-refractivity contribution in [1.82, 2.24) is 9.80 Å². The van der Waals surface area contributed by atoms with Crippen molar-refractivity contribution in [2.45, 2.75) is 40.0 Å². The third-order valence-electron chi connectivity index (χ3n) is 6.76. The van der Waals surface area contributed by atoms with Crippen LogP contribution < -0.4 is 0 Å². The summed E-state index contributed by atoms with van der Waals surface area (Å²) in [5, 5.41) is 41.9. The van der Waals surface area contributed by atoms with Gasteiger partial charge in [0, 0.05) is 61.5 Å². The van der Waals surface area contributed by atoms with Gasteiger partial charge in [-0.25, -0.2) is 0 Å². The number of aromatic hydroxyl groups is 4. The van der Waals surface area contributed by atoms with Gasteiger partial charge in [0.15, 0.2) is 0 Å². The van der Waals surface area contributed by atoms with Gasteiger partial charge in [-0.15, -0.1) is 0 Å². The highest BCUT2D eigenvalue weighted by molar-refractivity contribution is 5.37. The molecule has 0 aliphatic carbocycles. The Balaban J connectivity index is 1.59. The van der Waals surface area contributed by atoms with Crippen molar-refractivity contribution >= 4 is 0 Å². The standard InChI is InChI=1S/C32H36N2O4/c1-23-11-13-31(37)27(17-23)21-33(19-25-7-3-5-9-29(25)35)15-16-34(20-26-8-4-6-10-30(26)36)22-28-18-24(2)12-14-32(28)38/h3-14,17-18,35-38H,15-16,19-22H2,1-2H3. The molecule has 198 valence electrons.